The van der Waals surface area contributed by atoms with E-state index in [1.54, 1.807) is 0 Å². The normalized spacial score (nSPS) is 29.5. The molecule has 2 aliphatic rings. The molecular formula is C25H27NO6. The van der Waals surface area contributed by atoms with Gasteiger partial charge in [-0.15, -0.1) is 6.42 Å². The van der Waals surface area contributed by atoms with Gasteiger partial charge in [-0.2, -0.15) is 0 Å². The molecule has 7 nitrogen and oxygen atoms in total. The summed E-state index contributed by atoms with van der Waals surface area (Å²) in [6.45, 7) is 2.11. The molecule has 2 aromatic carbocycles. The van der Waals surface area contributed by atoms with Crippen molar-refractivity contribution in [2.75, 3.05) is 13.2 Å². The molecule has 0 radical (unpaired) electrons. The van der Waals surface area contributed by atoms with E-state index in [1.165, 1.54) is 6.92 Å². The molecule has 2 heterocycles. The van der Waals surface area contributed by atoms with Crippen molar-refractivity contribution >= 4 is 5.91 Å². The Hall–Kier alpha value is -2.73. The number of fused-ring (bicyclic) bond motifs is 1. The van der Waals surface area contributed by atoms with E-state index in [0.717, 1.165) is 11.1 Å². The topological polar surface area (TPSA) is 75.2 Å². The van der Waals surface area contributed by atoms with Gasteiger partial charge in [0.15, 0.2) is 12.6 Å². The molecule has 1 amide bonds. The molecule has 0 bridgehead atoms. The monoisotopic (exact) mass is 437 g/mol. The average Bonchev–Trinajstić information content (AvgIpc) is 2.82. The van der Waals surface area contributed by atoms with Gasteiger partial charge in [0.05, 0.1) is 13.2 Å². The van der Waals surface area contributed by atoms with E-state index in [2.05, 4.69) is 11.2 Å². The van der Waals surface area contributed by atoms with Crippen LogP contribution in [0.15, 0.2) is 60.7 Å². The zero-order valence-corrected chi connectivity index (χ0v) is 17.9. The van der Waals surface area contributed by atoms with Gasteiger partial charge in [0, 0.05) is 12.5 Å². The molecule has 168 valence electrons. The van der Waals surface area contributed by atoms with Gasteiger partial charge in [0.2, 0.25) is 5.91 Å². The smallest absolute Gasteiger partial charge is 0.217 e. The zero-order valence-electron chi connectivity index (χ0n) is 17.9. The summed E-state index contributed by atoms with van der Waals surface area (Å²) in [5.41, 5.74) is 1.88. The highest BCUT2D eigenvalue weighted by Crippen LogP contribution is 2.35. The second-order valence-corrected chi connectivity index (χ2v) is 7.72. The number of hydrogen-bond donors (Lipinski definition) is 1. The summed E-state index contributed by atoms with van der Waals surface area (Å²) < 4.78 is 30.5. The first-order valence-electron chi connectivity index (χ1n) is 10.6. The van der Waals surface area contributed by atoms with Crippen molar-refractivity contribution in [3.05, 3.63) is 71.8 Å². The van der Waals surface area contributed by atoms with Crippen LogP contribution in [0, 0.1) is 12.3 Å². The summed E-state index contributed by atoms with van der Waals surface area (Å²) in [4.78, 5) is 12.0. The highest BCUT2D eigenvalue weighted by molar-refractivity contribution is 5.73. The molecule has 1 N–H and O–H groups in total. The van der Waals surface area contributed by atoms with Crippen molar-refractivity contribution in [1.29, 1.82) is 0 Å². The first kappa shape index (κ1) is 22.5. The van der Waals surface area contributed by atoms with Gasteiger partial charge >= 0.3 is 0 Å². The van der Waals surface area contributed by atoms with E-state index in [9.17, 15) is 4.79 Å². The predicted octanol–water partition coefficient (Wildman–Crippen LogP) is 2.57. The van der Waals surface area contributed by atoms with Gasteiger partial charge < -0.3 is 29.0 Å². The van der Waals surface area contributed by atoms with E-state index >= 15 is 0 Å². The number of amides is 1. The Morgan fingerprint density at radius 1 is 1.09 bits per heavy atom. The second-order valence-electron chi connectivity index (χ2n) is 7.72. The minimum atomic E-state index is -0.761. The fourth-order valence-corrected chi connectivity index (χ4v) is 3.98. The van der Waals surface area contributed by atoms with E-state index < -0.39 is 36.9 Å². The van der Waals surface area contributed by atoms with Crippen LogP contribution in [0.25, 0.3) is 0 Å². The van der Waals surface area contributed by atoms with Crippen LogP contribution in [0.1, 0.15) is 24.3 Å². The van der Waals surface area contributed by atoms with Crippen molar-refractivity contribution in [3.8, 4) is 12.3 Å². The second kappa shape index (κ2) is 10.7. The molecule has 2 saturated heterocycles. The third kappa shape index (κ3) is 5.36. The number of ether oxygens (including phenoxy) is 5. The van der Waals surface area contributed by atoms with E-state index in [0.29, 0.717) is 6.61 Å². The molecule has 0 spiro atoms. The van der Waals surface area contributed by atoms with Gasteiger partial charge in [-0.05, 0) is 5.56 Å². The maximum absolute atomic E-state index is 12.0. The number of rotatable bonds is 7. The van der Waals surface area contributed by atoms with Crippen molar-refractivity contribution in [2.24, 2.45) is 0 Å². The maximum Gasteiger partial charge on any atom is 0.217 e. The van der Waals surface area contributed by atoms with Crippen molar-refractivity contribution in [3.63, 3.8) is 0 Å². The van der Waals surface area contributed by atoms with Crippen LogP contribution in [0.4, 0.5) is 0 Å². The number of carbonyl (C=O) groups is 1. The van der Waals surface area contributed by atoms with Crippen LogP contribution in [0.2, 0.25) is 0 Å². The summed E-state index contributed by atoms with van der Waals surface area (Å²) in [7, 11) is 0. The van der Waals surface area contributed by atoms with Crippen molar-refractivity contribution < 1.29 is 28.5 Å². The third-order valence-corrected chi connectivity index (χ3v) is 5.40. The fraction of sp³-hybridized carbons (Fsp3) is 0.400. The van der Waals surface area contributed by atoms with Gasteiger partial charge in [-0.3, -0.25) is 4.79 Å². The van der Waals surface area contributed by atoms with Gasteiger partial charge in [0.25, 0.3) is 0 Å². The first-order valence-corrected chi connectivity index (χ1v) is 10.6. The molecule has 7 heteroatoms. The Balaban J connectivity index is 1.55. The first-order chi connectivity index (χ1) is 15.7. The molecule has 0 aliphatic carbocycles. The maximum atomic E-state index is 12.0. The van der Waals surface area contributed by atoms with Crippen LogP contribution < -0.4 is 5.32 Å². The Labute approximate surface area is 187 Å². The molecule has 6 atom stereocenters. The summed E-state index contributed by atoms with van der Waals surface area (Å²) in [6.07, 6.45) is 2.60. The van der Waals surface area contributed by atoms with Crippen molar-refractivity contribution in [1.82, 2.24) is 5.32 Å². The lowest BCUT2D eigenvalue weighted by molar-refractivity contribution is -0.348. The van der Waals surface area contributed by atoms with Crippen LogP contribution in [-0.4, -0.2) is 49.8 Å². The Morgan fingerprint density at radius 3 is 2.50 bits per heavy atom. The largest absolute Gasteiger partial charge is 0.360 e. The lowest BCUT2D eigenvalue weighted by Gasteiger charge is -2.49. The Kier molecular flexibility index (Phi) is 7.53. The van der Waals surface area contributed by atoms with Crippen LogP contribution in [0.5, 0.6) is 0 Å². The van der Waals surface area contributed by atoms with Gasteiger partial charge in [-0.25, -0.2) is 0 Å². The van der Waals surface area contributed by atoms with E-state index in [1.807, 2.05) is 60.7 Å². The molecule has 4 rings (SSSR count). The zero-order chi connectivity index (χ0) is 22.3. The molecule has 32 heavy (non-hydrogen) atoms. The quantitative estimate of drug-likeness (QED) is 0.671. The van der Waals surface area contributed by atoms with Crippen LogP contribution in [0.3, 0.4) is 0 Å². The summed E-state index contributed by atoms with van der Waals surface area (Å²) >= 11 is 0. The summed E-state index contributed by atoms with van der Waals surface area (Å²) in [5.74, 6) is 2.27. The minimum Gasteiger partial charge on any atom is -0.360 e. The summed E-state index contributed by atoms with van der Waals surface area (Å²) in [5, 5.41) is 2.91. The number of hydrogen-bond acceptors (Lipinski definition) is 6. The highest BCUT2D eigenvalue weighted by Gasteiger charge is 2.51. The van der Waals surface area contributed by atoms with Crippen molar-refractivity contribution in [2.45, 2.75) is 50.5 Å². The molecule has 3 unspecified atom stereocenters. The molecule has 2 aromatic rings. The van der Waals surface area contributed by atoms with Crippen LogP contribution in [-0.2, 0) is 35.1 Å². The average molecular weight is 437 g/mol. The molecule has 0 aromatic heterocycles. The number of terminal acetylenes is 1. The standard InChI is InChI=1S/C25H27NO6/c1-3-14-28-23-21(26-17(2)27)25(29-15-18-10-6-4-7-11-18)31-20-16-30-24(32-22(20)23)19-12-8-5-9-13-19/h1,4-13,20-25H,14-16H2,2H3,(H,26,27)/t20?,21-,22+,23?,24?,25+/m1/s1. The van der Waals surface area contributed by atoms with Gasteiger partial charge in [0.1, 0.15) is 31.0 Å². The van der Waals surface area contributed by atoms with E-state index in [4.69, 9.17) is 30.1 Å². The number of nitrogens with one attached hydrogen (secondary N) is 1. The Bertz CT molecular complexity index is 915. The summed E-state index contributed by atoms with van der Waals surface area (Å²) in [6, 6.07) is 18.8. The molecule has 2 fully saturated rings. The van der Waals surface area contributed by atoms with Gasteiger partial charge in [-0.1, -0.05) is 66.6 Å². The molecule has 0 saturated carbocycles. The lowest BCUT2D eigenvalue weighted by atomic mass is 9.95. The minimum absolute atomic E-state index is 0.0651. The molecular weight excluding hydrogens is 410 g/mol. The highest BCUT2D eigenvalue weighted by atomic mass is 16.7. The van der Waals surface area contributed by atoms with Crippen LogP contribution >= 0.6 is 0 Å². The number of carbonyl (C=O) groups excluding carboxylic acids is 1. The fourth-order valence-electron chi connectivity index (χ4n) is 3.98. The lowest BCUT2D eigenvalue weighted by Crippen LogP contribution is -2.67. The number of benzene rings is 2. The predicted molar refractivity (Wildman–Crippen MR) is 116 cm³/mol. The molecule has 2 aliphatic heterocycles. The SMILES string of the molecule is C#CCOC1[C@H]2OC(c3ccccc3)OCC2O[C@H](OCc2ccccc2)[C@@H]1NC(C)=O. The Morgan fingerprint density at radius 2 is 1.81 bits per heavy atom. The third-order valence-electron chi connectivity index (χ3n) is 5.40. The van der Waals surface area contributed by atoms with E-state index in [-0.39, 0.29) is 19.1 Å².